The Kier molecular flexibility index (Phi) is 10.7. The van der Waals surface area contributed by atoms with Crippen molar-refractivity contribution in [3.8, 4) is 5.75 Å². The molecule has 0 aliphatic carbocycles. The number of ether oxygens (including phenoxy) is 2. The predicted octanol–water partition coefficient (Wildman–Crippen LogP) is 4.90. The number of aliphatic hydroxyl groups excluding tert-OH is 1. The minimum Gasteiger partial charge on any atom is -0.494 e. The Bertz CT molecular complexity index is 1420. The number of likely N-dealkylation sites (tertiary alicyclic amines) is 1. The lowest BCUT2D eigenvalue weighted by molar-refractivity contribution is -0.151. The minimum atomic E-state index is -1.26. The van der Waals surface area contributed by atoms with E-state index in [-0.39, 0.29) is 29.1 Å². The van der Waals surface area contributed by atoms with Gasteiger partial charge in [-0.25, -0.2) is 0 Å². The van der Waals surface area contributed by atoms with E-state index < -0.39 is 42.2 Å². The van der Waals surface area contributed by atoms with Gasteiger partial charge in [-0.1, -0.05) is 71.8 Å². The Morgan fingerprint density at radius 1 is 1.11 bits per heavy atom. The van der Waals surface area contributed by atoms with Gasteiger partial charge in [0.25, 0.3) is 0 Å². The second kappa shape index (κ2) is 14.5. The van der Waals surface area contributed by atoms with Crippen LogP contribution >= 0.6 is 15.9 Å². The molecule has 1 spiro atoms. The van der Waals surface area contributed by atoms with Gasteiger partial charge in [-0.2, -0.15) is 0 Å². The Morgan fingerprint density at radius 2 is 1.80 bits per heavy atom. The molecule has 46 heavy (non-hydrogen) atoms. The van der Waals surface area contributed by atoms with Crippen LogP contribution in [0.25, 0.3) is 0 Å². The molecule has 246 valence electrons. The monoisotopic (exact) mass is 693 g/mol. The molecule has 2 aromatic carbocycles. The first-order valence-electron chi connectivity index (χ1n) is 16.1. The number of anilines is 1. The number of hydrogen-bond acceptors (Lipinski definition) is 6. The number of carbonyl (C=O) groups excluding carboxylic acids is 3. The third-order valence-corrected chi connectivity index (χ3v) is 10.3. The van der Waals surface area contributed by atoms with Crippen LogP contribution in [0.1, 0.15) is 44.7 Å². The highest BCUT2D eigenvalue weighted by Gasteiger charge is 2.77. The predicted molar refractivity (Wildman–Crippen MR) is 181 cm³/mol. The average Bonchev–Trinajstić information content (AvgIpc) is 3.66. The third-order valence-electron chi connectivity index (χ3n) is 9.42. The first-order valence-corrected chi connectivity index (χ1v) is 17.0. The summed E-state index contributed by atoms with van der Waals surface area (Å²) in [5.74, 6) is -2.00. The van der Waals surface area contributed by atoms with Crippen LogP contribution in [0.5, 0.6) is 5.75 Å². The van der Waals surface area contributed by atoms with Gasteiger partial charge in [-0.3, -0.25) is 14.4 Å². The van der Waals surface area contributed by atoms with E-state index in [9.17, 15) is 19.5 Å². The summed E-state index contributed by atoms with van der Waals surface area (Å²) in [4.78, 5) is 48.8. The summed E-state index contributed by atoms with van der Waals surface area (Å²) >= 11 is 3.78. The topological polar surface area (TPSA) is 99.6 Å². The van der Waals surface area contributed by atoms with E-state index in [1.165, 1.54) is 4.90 Å². The van der Waals surface area contributed by atoms with Crippen molar-refractivity contribution >= 4 is 39.3 Å². The molecular formula is C36H44BrN3O6. The van der Waals surface area contributed by atoms with E-state index in [0.717, 1.165) is 12.8 Å². The van der Waals surface area contributed by atoms with Gasteiger partial charge in [0.2, 0.25) is 17.7 Å². The maximum atomic E-state index is 14.8. The van der Waals surface area contributed by atoms with Crippen LogP contribution in [0, 0.1) is 11.8 Å². The second-order valence-corrected chi connectivity index (χ2v) is 13.3. The molecule has 3 unspecified atom stereocenters. The zero-order valence-electron chi connectivity index (χ0n) is 26.6. The first kappa shape index (κ1) is 33.9. The Morgan fingerprint density at radius 3 is 2.41 bits per heavy atom. The molecule has 5 rings (SSSR count). The summed E-state index contributed by atoms with van der Waals surface area (Å²) in [6, 6.07) is 14.6. The lowest BCUT2D eigenvalue weighted by atomic mass is 9.70. The zero-order valence-corrected chi connectivity index (χ0v) is 28.2. The summed E-state index contributed by atoms with van der Waals surface area (Å²) < 4.78 is 12.4. The van der Waals surface area contributed by atoms with Crippen LogP contribution < -0.4 is 9.64 Å². The molecule has 10 heteroatoms. The number of halogens is 1. The number of rotatable bonds is 15. The maximum Gasteiger partial charge on any atom is 0.248 e. The molecule has 7 atom stereocenters. The smallest absolute Gasteiger partial charge is 0.248 e. The maximum absolute atomic E-state index is 14.8. The van der Waals surface area contributed by atoms with Crippen molar-refractivity contribution in [3.05, 3.63) is 85.5 Å². The van der Waals surface area contributed by atoms with E-state index in [0.29, 0.717) is 43.1 Å². The number of nitrogens with zero attached hydrogens (tertiary/aromatic N) is 3. The summed E-state index contributed by atoms with van der Waals surface area (Å²) in [5, 5.41) is 10.8. The average molecular weight is 695 g/mol. The summed E-state index contributed by atoms with van der Waals surface area (Å²) in [5.41, 5.74) is 0.0760. The minimum absolute atomic E-state index is 0.219. The number of amides is 3. The normalized spacial score (nSPS) is 26.8. The highest BCUT2D eigenvalue weighted by molar-refractivity contribution is 9.09. The Labute approximate surface area is 280 Å². The lowest BCUT2D eigenvalue weighted by Crippen LogP contribution is -2.57. The SMILES string of the molecule is C=CCN(CCCC)C(=O)C1N([C@H](CO)c2ccccc2)C(=O)[C@@H]2[C@H](C(=O)N(CC=C)c3ccc(OCC)cc3)[C@H]3OC12CC3Br. The largest absolute Gasteiger partial charge is 0.494 e. The van der Waals surface area contributed by atoms with Crippen LogP contribution in [0.3, 0.4) is 0 Å². The number of aliphatic hydroxyl groups is 1. The van der Waals surface area contributed by atoms with Gasteiger partial charge in [-0.15, -0.1) is 13.2 Å². The van der Waals surface area contributed by atoms with Gasteiger partial charge in [0, 0.05) is 30.1 Å². The van der Waals surface area contributed by atoms with E-state index in [1.807, 2.05) is 61.5 Å². The first-order chi connectivity index (χ1) is 22.3. The Balaban J connectivity index is 1.60. The fraction of sp³-hybridized carbons (Fsp3) is 0.472. The van der Waals surface area contributed by atoms with E-state index >= 15 is 0 Å². The molecule has 0 saturated carbocycles. The van der Waals surface area contributed by atoms with Crippen molar-refractivity contribution in [2.75, 3.05) is 37.7 Å². The van der Waals surface area contributed by atoms with Crippen molar-refractivity contribution in [1.82, 2.24) is 9.80 Å². The summed E-state index contributed by atoms with van der Waals surface area (Å²) in [6.45, 7) is 12.9. The number of carbonyl (C=O) groups is 3. The van der Waals surface area contributed by atoms with Gasteiger partial charge in [0.1, 0.15) is 17.4 Å². The lowest BCUT2D eigenvalue weighted by Gasteiger charge is -2.39. The molecule has 2 aromatic rings. The number of unbranched alkanes of at least 4 members (excludes halogenated alkanes) is 1. The van der Waals surface area contributed by atoms with Crippen LogP contribution in [0.4, 0.5) is 5.69 Å². The molecule has 0 radical (unpaired) electrons. The van der Waals surface area contributed by atoms with Crippen molar-refractivity contribution in [2.45, 2.75) is 61.7 Å². The highest BCUT2D eigenvalue weighted by Crippen LogP contribution is 2.61. The molecular weight excluding hydrogens is 650 g/mol. The highest BCUT2D eigenvalue weighted by atomic mass is 79.9. The second-order valence-electron chi connectivity index (χ2n) is 12.1. The fourth-order valence-electron chi connectivity index (χ4n) is 7.48. The standard InChI is InChI=1S/C36H44BrN3O6/c1-5-9-21-38(19-6-2)35(44)32-36-22-27(37)31(46-36)29(30(36)34(43)40(32)28(23-41)24-13-11-10-12-14-24)33(42)39(20-7-3)25-15-17-26(18-16-25)45-8-4/h6-7,10-18,27-32,41H,2-3,5,8-9,19-23H2,1,4H3/t27?,28-,29+,30+,31+,32?,36?/m1/s1. The quantitative estimate of drug-likeness (QED) is 0.211. The molecule has 9 nitrogen and oxygen atoms in total. The molecule has 3 aliphatic rings. The van der Waals surface area contributed by atoms with Crippen LogP contribution in [0.2, 0.25) is 0 Å². The van der Waals surface area contributed by atoms with Gasteiger partial charge >= 0.3 is 0 Å². The fourth-order valence-corrected chi connectivity index (χ4v) is 8.43. The molecule has 3 heterocycles. The van der Waals surface area contributed by atoms with Crippen molar-refractivity contribution in [1.29, 1.82) is 0 Å². The Hall–Kier alpha value is -3.47. The van der Waals surface area contributed by atoms with Crippen LogP contribution in [-0.2, 0) is 19.1 Å². The van der Waals surface area contributed by atoms with Crippen molar-refractivity contribution in [2.24, 2.45) is 11.8 Å². The van der Waals surface area contributed by atoms with Crippen molar-refractivity contribution in [3.63, 3.8) is 0 Å². The number of alkyl halides is 1. The van der Waals surface area contributed by atoms with Gasteiger partial charge in [-0.05, 0) is 49.6 Å². The summed E-state index contributed by atoms with van der Waals surface area (Å²) in [6.07, 6.45) is 4.75. The number of hydrogen-bond donors (Lipinski definition) is 1. The number of benzene rings is 2. The van der Waals surface area contributed by atoms with E-state index in [2.05, 4.69) is 36.0 Å². The van der Waals surface area contributed by atoms with Crippen molar-refractivity contribution < 1.29 is 29.0 Å². The molecule has 1 N–H and O–H groups in total. The van der Waals surface area contributed by atoms with E-state index in [1.54, 1.807) is 22.0 Å². The zero-order chi connectivity index (χ0) is 33.0. The summed E-state index contributed by atoms with van der Waals surface area (Å²) in [7, 11) is 0. The van der Waals surface area contributed by atoms with Gasteiger partial charge in [0.05, 0.1) is 37.2 Å². The van der Waals surface area contributed by atoms with E-state index in [4.69, 9.17) is 9.47 Å². The molecule has 3 fully saturated rings. The van der Waals surface area contributed by atoms with Crippen LogP contribution in [0.15, 0.2) is 79.9 Å². The third kappa shape index (κ3) is 5.91. The molecule has 3 saturated heterocycles. The van der Waals surface area contributed by atoms with Crippen LogP contribution in [-0.4, -0.2) is 88.0 Å². The van der Waals surface area contributed by atoms with Gasteiger partial charge in [0.15, 0.2) is 0 Å². The molecule has 2 bridgehead atoms. The molecule has 3 aliphatic heterocycles. The number of fused-ring (bicyclic) bond motifs is 1. The molecule has 3 amide bonds. The van der Waals surface area contributed by atoms with Gasteiger partial charge < -0.3 is 29.3 Å². The molecule has 0 aromatic heterocycles.